The van der Waals surface area contributed by atoms with E-state index in [0.29, 0.717) is 17.7 Å². The van der Waals surface area contributed by atoms with Crippen LogP contribution >= 0.6 is 11.8 Å². The Hall–Kier alpha value is -1.62. The molecular formula is C19H31N5O4S. The van der Waals surface area contributed by atoms with Crippen molar-refractivity contribution in [1.82, 2.24) is 24.8 Å². The van der Waals surface area contributed by atoms with E-state index in [4.69, 9.17) is 0 Å². The Bertz CT molecular complexity index is 727. The van der Waals surface area contributed by atoms with Gasteiger partial charge in [-0.05, 0) is 13.3 Å². The van der Waals surface area contributed by atoms with Crippen LogP contribution in [0, 0.1) is 0 Å². The number of thioether (sulfide) groups is 1. The Morgan fingerprint density at radius 2 is 2.07 bits per heavy atom. The van der Waals surface area contributed by atoms with Crippen molar-refractivity contribution >= 4 is 17.7 Å². The summed E-state index contributed by atoms with van der Waals surface area (Å²) in [6, 6.07) is 0. The topological polar surface area (TPSA) is 115 Å². The van der Waals surface area contributed by atoms with Gasteiger partial charge in [0.2, 0.25) is 6.35 Å². The average molecular weight is 426 g/mol. The fraction of sp³-hybridized carbons (Fsp3) is 0.737. The van der Waals surface area contributed by atoms with E-state index in [1.165, 1.54) is 29.5 Å². The monoisotopic (exact) mass is 425 g/mol. The van der Waals surface area contributed by atoms with E-state index in [0.717, 1.165) is 19.4 Å². The summed E-state index contributed by atoms with van der Waals surface area (Å²) in [5, 5.41) is 38.1. The Kier molecular flexibility index (Phi) is 7.55. The Labute approximate surface area is 175 Å². The van der Waals surface area contributed by atoms with Gasteiger partial charge in [0.05, 0.1) is 36.1 Å². The van der Waals surface area contributed by atoms with E-state index in [1.807, 2.05) is 6.20 Å². The summed E-state index contributed by atoms with van der Waals surface area (Å²) in [5.41, 5.74) is 1.12. The fourth-order valence-corrected chi connectivity index (χ4v) is 5.08. The zero-order chi connectivity index (χ0) is 21.0. The number of amides is 1. The van der Waals surface area contributed by atoms with Crippen LogP contribution in [-0.4, -0.2) is 75.7 Å². The number of nitrogens with zero attached hydrogens (tertiary/aromatic N) is 5. The summed E-state index contributed by atoms with van der Waals surface area (Å²) in [6.45, 7) is 4.69. The van der Waals surface area contributed by atoms with E-state index >= 15 is 0 Å². The molecule has 0 saturated carbocycles. The number of aromatic nitrogens is 3. The van der Waals surface area contributed by atoms with Gasteiger partial charge in [0.15, 0.2) is 0 Å². The first-order chi connectivity index (χ1) is 13.9. The molecule has 0 aromatic carbocycles. The molecule has 0 radical (unpaired) electrons. The third-order valence-electron chi connectivity index (χ3n) is 5.36. The molecule has 2 aliphatic rings. The lowest BCUT2D eigenvalue weighted by Crippen LogP contribution is -2.54. The molecule has 0 spiro atoms. The third-order valence-corrected chi connectivity index (χ3v) is 6.93. The van der Waals surface area contributed by atoms with Gasteiger partial charge in [-0.3, -0.25) is 14.4 Å². The van der Waals surface area contributed by atoms with Gasteiger partial charge < -0.3 is 20.2 Å². The van der Waals surface area contributed by atoms with Crippen LogP contribution in [0.15, 0.2) is 18.0 Å². The predicted molar refractivity (Wildman–Crippen MR) is 109 cm³/mol. The Balaban J connectivity index is 1.66. The number of aryl methyl sites for hydroxylation is 1. The summed E-state index contributed by atoms with van der Waals surface area (Å²) in [5.74, 6) is -0.256. The third kappa shape index (κ3) is 5.11. The number of aliphatic hydroxyl groups excluding tert-OH is 3. The van der Waals surface area contributed by atoms with Crippen molar-refractivity contribution < 1.29 is 20.1 Å². The van der Waals surface area contributed by atoms with Crippen molar-refractivity contribution in [2.24, 2.45) is 0 Å². The zero-order valence-corrected chi connectivity index (χ0v) is 17.8. The maximum absolute atomic E-state index is 12.7. The second kappa shape index (κ2) is 9.92. The number of carbonyl (C=O) groups is 1. The van der Waals surface area contributed by atoms with Crippen LogP contribution in [0.1, 0.15) is 51.6 Å². The van der Waals surface area contributed by atoms with E-state index in [9.17, 15) is 20.1 Å². The van der Waals surface area contributed by atoms with Gasteiger partial charge in [-0.2, -0.15) is 0 Å². The standard InChI is InChI=1S/C19H31N5O4S/c1-3-4-5-6-7-22-10-14(20-21-22)11-24-18(27)13(2)9-23(19(24)28)17-8-15(26)16(12-25)29-17/h9-10,15-17,19,25-26,28H,3-8,11-12H2,1-2H3/t15?,16-,17?,19?/m1/s1. The highest BCUT2D eigenvalue weighted by Crippen LogP contribution is 2.38. The molecule has 0 bridgehead atoms. The zero-order valence-electron chi connectivity index (χ0n) is 17.0. The minimum Gasteiger partial charge on any atom is -0.395 e. The predicted octanol–water partition coefficient (Wildman–Crippen LogP) is 0.867. The van der Waals surface area contributed by atoms with Crippen LogP contribution < -0.4 is 0 Å². The maximum Gasteiger partial charge on any atom is 0.254 e. The van der Waals surface area contributed by atoms with E-state index in [1.54, 1.807) is 22.7 Å². The van der Waals surface area contributed by atoms with Crippen LogP contribution in [0.2, 0.25) is 0 Å². The molecule has 1 aromatic heterocycles. The van der Waals surface area contributed by atoms with Gasteiger partial charge in [-0.1, -0.05) is 31.4 Å². The molecule has 1 amide bonds. The van der Waals surface area contributed by atoms with Crippen LogP contribution in [0.3, 0.4) is 0 Å². The number of hydrogen-bond donors (Lipinski definition) is 3. The van der Waals surface area contributed by atoms with Crippen LogP contribution in [0.25, 0.3) is 0 Å². The number of hydrogen-bond acceptors (Lipinski definition) is 8. The smallest absolute Gasteiger partial charge is 0.254 e. The van der Waals surface area contributed by atoms with Crippen molar-refractivity contribution in [3.63, 3.8) is 0 Å². The normalized spacial score (nSPS) is 27.6. The van der Waals surface area contributed by atoms with Gasteiger partial charge in [0.25, 0.3) is 5.91 Å². The summed E-state index contributed by atoms with van der Waals surface area (Å²) in [7, 11) is 0. The quantitative estimate of drug-likeness (QED) is 0.499. The van der Waals surface area contributed by atoms with Crippen LogP contribution in [-0.2, 0) is 17.9 Å². The highest BCUT2D eigenvalue weighted by atomic mass is 32.2. The molecule has 29 heavy (non-hydrogen) atoms. The largest absolute Gasteiger partial charge is 0.395 e. The Morgan fingerprint density at radius 1 is 1.28 bits per heavy atom. The maximum atomic E-state index is 12.7. The first-order valence-corrected chi connectivity index (χ1v) is 11.2. The number of carbonyl (C=O) groups excluding carboxylic acids is 1. The summed E-state index contributed by atoms with van der Waals surface area (Å²) in [6.07, 6.45) is 6.61. The summed E-state index contributed by atoms with van der Waals surface area (Å²) in [4.78, 5) is 15.7. The molecule has 1 saturated heterocycles. The SMILES string of the molecule is CCCCCCn1cc(CN2C(=O)C(C)=CN(C3CC(O)[C@@H](CO)S3)C2O)nn1. The molecular weight excluding hydrogens is 394 g/mol. The molecule has 0 aliphatic carbocycles. The number of aliphatic hydroxyl groups is 3. The Morgan fingerprint density at radius 3 is 2.76 bits per heavy atom. The van der Waals surface area contributed by atoms with Gasteiger partial charge in [0.1, 0.15) is 5.69 Å². The average Bonchev–Trinajstić information content (AvgIpc) is 3.31. The molecule has 3 heterocycles. The van der Waals surface area contributed by atoms with Gasteiger partial charge in [-0.25, -0.2) is 0 Å². The lowest BCUT2D eigenvalue weighted by molar-refractivity contribution is -0.157. The van der Waals surface area contributed by atoms with Crippen molar-refractivity contribution in [3.8, 4) is 0 Å². The second-order valence-electron chi connectivity index (χ2n) is 7.69. The fourth-order valence-electron chi connectivity index (χ4n) is 3.68. The van der Waals surface area contributed by atoms with E-state index in [2.05, 4.69) is 17.2 Å². The molecule has 3 rings (SSSR count). The minimum atomic E-state index is -1.16. The van der Waals surface area contributed by atoms with Gasteiger partial charge >= 0.3 is 0 Å². The number of rotatable bonds is 9. The van der Waals surface area contributed by atoms with Crippen molar-refractivity contribution in [2.45, 2.75) is 82.1 Å². The first-order valence-electron chi connectivity index (χ1n) is 10.2. The molecule has 4 atom stereocenters. The lowest BCUT2D eigenvalue weighted by atomic mass is 10.1. The molecule has 2 aliphatic heterocycles. The van der Waals surface area contributed by atoms with Crippen molar-refractivity contribution in [1.29, 1.82) is 0 Å². The van der Waals surface area contributed by atoms with Gasteiger partial charge in [0, 0.05) is 24.7 Å². The van der Waals surface area contributed by atoms with Gasteiger partial charge in [-0.15, -0.1) is 16.9 Å². The van der Waals surface area contributed by atoms with Crippen LogP contribution in [0.5, 0.6) is 0 Å². The first kappa shape index (κ1) is 22.1. The number of unbranched alkanes of at least 4 members (excludes halogenated alkanes) is 3. The molecule has 3 unspecified atom stereocenters. The van der Waals surface area contributed by atoms with Crippen molar-refractivity contribution in [2.75, 3.05) is 6.61 Å². The minimum absolute atomic E-state index is 0.126. The molecule has 3 N–H and O–H groups in total. The van der Waals surface area contributed by atoms with E-state index < -0.39 is 12.5 Å². The van der Waals surface area contributed by atoms with Crippen LogP contribution in [0.4, 0.5) is 0 Å². The highest BCUT2D eigenvalue weighted by Gasteiger charge is 2.42. The summed E-state index contributed by atoms with van der Waals surface area (Å²) >= 11 is 1.41. The van der Waals surface area contributed by atoms with E-state index in [-0.39, 0.29) is 29.7 Å². The summed E-state index contributed by atoms with van der Waals surface area (Å²) < 4.78 is 1.78. The lowest BCUT2D eigenvalue weighted by Gasteiger charge is -2.41. The molecule has 162 valence electrons. The second-order valence-corrected chi connectivity index (χ2v) is 9.11. The highest BCUT2D eigenvalue weighted by molar-refractivity contribution is 8.00. The molecule has 10 heteroatoms. The molecule has 1 aromatic rings. The van der Waals surface area contributed by atoms with Crippen molar-refractivity contribution in [3.05, 3.63) is 23.7 Å². The molecule has 1 fully saturated rings. The molecule has 9 nitrogen and oxygen atoms in total.